The summed E-state index contributed by atoms with van der Waals surface area (Å²) in [4.78, 5) is 22.8. The molecule has 118 valence electrons. The summed E-state index contributed by atoms with van der Waals surface area (Å²) in [6, 6.07) is -0.874. The van der Waals surface area contributed by atoms with Crippen molar-refractivity contribution in [2.45, 2.75) is 53.2 Å². The zero-order valence-corrected chi connectivity index (χ0v) is 12.9. The van der Waals surface area contributed by atoms with E-state index < -0.39 is 18.0 Å². The van der Waals surface area contributed by atoms with E-state index in [0.717, 1.165) is 6.54 Å². The third kappa shape index (κ3) is 5.41. The highest BCUT2D eigenvalue weighted by atomic mass is 16.4. The summed E-state index contributed by atoms with van der Waals surface area (Å²) in [5, 5.41) is 22.0. The van der Waals surface area contributed by atoms with E-state index in [0.29, 0.717) is 5.82 Å². The van der Waals surface area contributed by atoms with Gasteiger partial charge in [0.25, 0.3) is 0 Å². The number of carboxylic acid groups (broad SMARTS) is 1. The van der Waals surface area contributed by atoms with Gasteiger partial charge in [-0.2, -0.15) is 0 Å². The maximum Gasteiger partial charge on any atom is 0.315 e. The second-order valence-corrected chi connectivity index (χ2v) is 5.88. The van der Waals surface area contributed by atoms with E-state index in [1.54, 1.807) is 6.33 Å². The first-order valence-electron chi connectivity index (χ1n) is 6.87. The van der Waals surface area contributed by atoms with E-state index in [4.69, 9.17) is 5.11 Å². The van der Waals surface area contributed by atoms with Gasteiger partial charge in [0.1, 0.15) is 6.33 Å². The van der Waals surface area contributed by atoms with Crippen molar-refractivity contribution in [3.05, 3.63) is 12.2 Å². The smallest absolute Gasteiger partial charge is 0.315 e. The molecule has 0 aromatic carbocycles. The fourth-order valence-electron chi connectivity index (χ4n) is 1.80. The predicted molar refractivity (Wildman–Crippen MR) is 76.6 cm³/mol. The normalized spacial score (nSPS) is 12.8. The summed E-state index contributed by atoms with van der Waals surface area (Å²) in [5.74, 6) is -0.292. The van der Waals surface area contributed by atoms with Crippen LogP contribution in [0.4, 0.5) is 4.79 Å². The van der Waals surface area contributed by atoms with Gasteiger partial charge in [-0.05, 0) is 12.3 Å². The minimum atomic E-state index is -0.944. The molecule has 0 bridgehead atoms. The van der Waals surface area contributed by atoms with Gasteiger partial charge in [0, 0.05) is 12.6 Å². The summed E-state index contributed by atoms with van der Waals surface area (Å²) in [6.45, 7) is 8.56. The van der Waals surface area contributed by atoms with Crippen LogP contribution in [0.2, 0.25) is 0 Å². The van der Waals surface area contributed by atoms with Crippen molar-refractivity contribution >= 4 is 12.0 Å². The molecule has 3 N–H and O–H groups in total. The molecule has 1 heterocycles. The Balaban J connectivity index is 2.56. The second kappa shape index (κ2) is 7.05. The molecule has 0 fully saturated rings. The van der Waals surface area contributed by atoms with Crippen LogP contribution in [0, 0.1) is 5.41 Å². The van der Waals surface area contributed by atoms with Crippen molar-refractivity contribution in [1.29, 1.82) is 0 Å². The van der Waals surface area contributed by atoms with Crippen molar-refractivity contribution in [3.63, 3.8) is 0 Å². The first kappa shape index (κ1) is 16.9. The largest absolute Gasteiger partial charge is 0.481 e. The van der Waals surface area contributed by atoms with E-state index >= 15 is 0 Å². The molecule has 1 atom stereocenters. The number of aromatic nitrogens is 3. The lowest BCUT2D eigenvalue weighted by Crippen LogP contribution is -2.48. The fourth-order valence-corrected chi connectivity index (χ4v) is 1.80. The summed E-state index contributed by atoms with van der Waals surface area (Å²) >= 11 is 0. The molecule has 0 aliphatic rings. The number of hydrogen-bond donors (Lipinski definition) is 3. The molecule has 0 spiro atoms. The number of carbonyl (C=O) groups excluding carboxylic acids is 1. The lowest BCUT2D eigenvalue weighted by Gasteiger charge is -2.30. The van der Waals surface area contributed by atoms with Crippen molar-refractivity contribution in [2.75, 3.05) is 0 Å². The van der Waals surface area contributed by atoms with Crippen LogP contribution in [-0.4, -0.2) is 37.9 Å². The van der Waals surface area contributed by atoms with Crippen LogP contribution in [0.1, 0.15) is 39.9 Å². The lowest BCUT2D eigenvalue weighted by molar-refractivity contribution is -0.138. The molecule has 8 heteroatoms. The number of amides is 2. The van der Waals surface area contributed by atoms with Crippen molar-refractivity contribution in [3.8, 4) is 0 Å². The van der Waals surface area contributed by atoms with Gasteiger partial charge in [0.15, 0.2) is 5.82 Å². The zero-order valence-electron chi connectivity index (χ0n) is 12.9. The number of aliphatic carboxylic acids is 1. The number of carboxylic acids is 1. The van der Waals surface area contributed by atoms with Gasteiger partial charge in [-0.25, -0.2) is 4.79 Å². The van der Waals surface area contributed by atoms with Crippen LogP contribution < -0.4 is 10.6 Å². The topological polar surface area (TPSA) is 109 Å². The van der Waals surface area contributed by atoms with Crippen LogP contribution in [0.5, 0.6) is 0 Å². The Morgan fingerprint density at radius 1 is 1.43 bits per heavy atom. The van der Waals surface area contributed by atoms with E-state index in [2.05, 4.69) is 20.8 Å². The summed E-state index contributed by atoms with van der Waals surface area (Å²) in [7, 11) is 0. The Kier molecular flexibility index (Phi) is 5.69. The minimum absolute atomic E-state index is 0.123. The predicted octanol–water partition coefficient (Wildman–Crippen LogP) is 0.987. The molecule has 1 aromatic rings. The lowest BCUT2D eigenvalue weighted by atomic mass is 9.85. The maximum absolute atomic E-state index is 11.9. The van der Waals surface area contributed by atoms with E-state index in [9.17, 15) is 9.59 Å². The Morgan fingerprint density at radius 2 is 2.10 bits per heavy atom. The van der Waals surface area contributed by atoms with Gasteiger partial charge < -0.3 is 20.3 Å². The van der Waals surface area contributed by atoms with E-state index in [1.807, 2.05) is 32.3 Å². The van der Waals surface area contributed by atoms with Gasteiger partial charge in [-0.15, -0.1) is 10.2 Å². The van der Waals surface area contributed by atoms with Crippen LogP contribution in [0.25, 0.3) is 0 Å². The number of carbonyl (C=O) groups is 2. The number of aryl methyl sites for hydroxylation is 1. The molecular weight excluding hydrogens is 274 g/mol. The van der Waals surface area contributed by atoms with Gasteiger partial charge in [0.05, 0.1) is 13.0 Å². The van der Waals surface area contributed by atoms with Crippen LogP contribution in [-0.2, 0) is 17.9 Å². The summed E-state index contributed by atoms with van der Waals surface area (Å²) in [6.07, 6.45) is 1.47. The molecule has 0 aliphatic carbocycles. The second-order valence-electron chi connectivity index (χ2n) is 5.88. The first-order valence-corrected chi connectivity index (χ1v) is 6.87. The highest BCUT2D eigenvalue weighted by molar-refractivity contribution is 5.75. The molecule has 21 heavy (non-hydrogen) atoms. The fraction of sp³-hybridized carbons (Fsp3) is 0.692. The number of hydrogen-bond acceptors (Lipinski definition) is 4. The number of urea groups is 1. The van der Waals surface area contributed by atoms with Crippen LogP contribution in [0.15, 0.2) is 6.33 Å². The highest BCUT2D eigenvalue weighted by Crippen LogP contribution is 2.21. The quantitative estimate of drug-likeness (QED) is 0.725. The van der Waals surface area contributed by atoms with Gasteiger partial charge in [-0.1, -0.05) is 20.8 Å². The zero-order chi connectivity index (χ0) is 16.0. The third-order valence-corrected chi connectivity index (χ3v) is 3.17. The number of nitrogens with zero attached hydrogens (tertiary/aromatic N) is 3. The summed E-state index contributed by atoms with van der Waals surface area (Å²) < 4.78 is 1.82. The van der Waals surface area contributed by atoms with Gasteiger partial charge in [0.2, 0.25) is 0 Å². The van der Waals surface area contributed by atoms with Crippen molar-refractivity contribution < 1.29 is 14.7 Å². The molecule has 0 radical (unpaired) electrons. The van der Waals surface area contributed by atoms with E-state index in [-0.39, 0.29) is 18.4 Å². The molecular formula is C13H23N5O3. The Hall–Kier alpha value is -2.12. The molecule has 1 aromatic heterocycles. The average Bonchev–Trinajstić information content (AvgIpc) is 2.81. The molecule has 1 rings (SSSR count). The highest BCUT2D eigenvalue weighted by Gasteiger charge is 2.28. The Bertz CT molecular complexity index is 492. The van der Waals surface area contributed by atoms with Crippen LogP contribution in [0.3, 0.4) is 0 Å². The molecule has 0 saturated heterocycles. The van der Waals surface area contributed by atoms with Gasteiger partial charge >= 0.3 is 12.0 Å². The molecule has 1 unspecified atom stereocenters. The molecule has 0 aliphatic heterocycles. The monoisotopic (exact) mass is 297 g/mol. The summed E-state index contributed by atoms with van der Waals surface area (Å²) in [5.41, 5.74) is -0.348. The Morgan fingerprint density at radius 3 is 2.62 bits per heavy atom. The SMILES string of the molecule is CCn1cnnc1CNC(=O)NC(CC(=O)O)C(C)(C)C. The first-order chi connectivity index (χ1) is 9.74. The van der Waals surface area contributed by atoms with Crippen molar-refractivity contribution in [1.82, 2.24) is 25.4 Å². The standard InChI is InChI=1S/C13H23N5O3/c1-5-18-8-15-17-10(18)7-14-12(21)16-9(6-11(19)20)13(2,3)4/h8-9H,5-7H2,1-4H3,(H,19,20)(H2,14,16,21). The average molecular weight is 297 g/mol. The minimum Gasteiger partial charge on any atom is -0.481 e. The molecule has 0 saturated carbocycles. The maximum atomic E-state index is 11.9. The van der Waals surface area contributed by atoms with Gasteiger partial charge in [-0.3, -0.25) is 4.79 Å². The molecule has 8 nitrogen and oxygen atoms in total. The molecule has 2 amide bonds. The van der Waals surface area contributed by atoms with E-state index in [1.165, 1.54) is 0 Å². The van der Waals surface area contributed by atoms with Crippen LogP contribution >= 0.6 is 0 Å². The Labute approximate surface area is 123 Å². The third-order valence-electron chi connectivity index (χ3n) is 3.17. The number of rotatable bonds is 6. The van der Waals surface area contributed by atoms with Crippen molar-refractivity contribution in [2.24, 2.45) is 5.41 Å². The number of nitrogens with one attached hydrogen (secondary N) is 2.